The Kier molecular flexibility index (Phi) is 6.98. The van der Waals surface area contributed by atoms with Gasteiger partial charge in [-0.25, -0.2) is 0 Å². The summed E-state index contributed by atoms with van der Waals surface area (Å²) in [4.78, 5) is 0. The van der Waals surface area contributed by atoms with Crippen LogP contribution >= 0.6 is 33.2 Å². The lowest BCUT2D eigenvalue weighted by atomic mass is 10.3. The Morgan fingerprint density at radius 1 is 1.33 bits per heavy atom. The molecule has 0 heterocycles. The van der Waals surface area contributed by atoms with Gasteiger partial charge in [0, 0.05) is 15.9 Å². The van der Waals surface area contributed by atoms with Crippen molar-refractivity contribution in [2.24, 2.45) is 0 Å². The van der Waals surface area contributed by atoms with Gasteiger partial charge in [0.2, 0.25) is 0 Å². The number of halogens is 1. The van der Waals surface area contributed by atoms with Gasteiger partial charge >= 0.3 is 0 Å². The lowest BCUT2D eigenvalue weighted by Crippen LogP contribution is -2.08. The molecule has 0 spiro atoms. The highest BCUT2D eigenvalue weighted by Crippen LogP contribution is 2.39. The van der Waals surface area contributed by atoms with Gasteiger partial charge < -0.3 is 0 Å². The van der Waals surface area contributed by atoms with Gasteiger partial charge in [-0.2, -0.15) is 0 Å². The molecule has 0 aromatic heterocycles. The van der Waals surface area contributed by atoms with Gasteiger partial charge in [-0.1, -0.05) is 49.3 Å². The molecule has 0 aliphatic heterocycles. The Hall–Kier alpha value is 0.990. The molecule has 0 saturated heterocycles. The van der Waals surface area contributed by atoms with Crippen molar-refractivity contribution >= 4 is 33.2 Å². The van der Waals surface area contributed by atoms with Crippen LogP contribution in [0.5, 0.6) is 0 Å². The van der Waals surface area contributed by atoms with Crippen LogP contribution in [0.3, 0.4) is 0 Å². The van der Waals surface area contributed by atoms with Crippen LogP contribution in [0.2, 0.25) is 0 Å². The molecule has 0 aliphatic rings. The Labute approximate surface area is 89.6 Å². The van der Waals surface area contributed by atoms with E-state index >= 15 is 0 Å². The Morgan fingerprint density at radius 2 is 1.92 bits per heavy atom. The first-order chi connectivity index (χ1) is 5.49. The van der Waals surface area contributed by atoms with E-state index in [-0.39, 0.29) is 0 Å². The van der Waals surface area contributed by atoms with Gasteiger partial charge in [0.25, 0.3) is 0 Å². The summed E-state index contributed by atoms with van der Waals surface area (Å²) in [7, 11) is 3.95. The second-order valence-electron chi connectivity index (χ2n) is 3.80. The molecule has 0 fully saturated rings. The molecule has 74 valence electrons. The smallest absolute Gasteiger partial charge is 0.0234 e. The van der Waals surface area contributed by atoms with E-state index in [0.717, 1.165) is 17.6 Å². The largest absolute Gasteiger partial charge is 0.127 e. The number of alkyl halides is 1. The molecule has 0 aromatic rings. The third-order valence-corrected chi connectivity index (χ3v) is 5.58. The minimum atomic E-state index is 0.365. The molecular weight excluding hydrogens is 208 g/mol. The first-order valence-corrected chi connectivity index (χ1v) is 7.14. The van der Waals surface area contributed by atoms with E-state index in [4.69, 9.17) is 11.6 Å². The molecule has 0 saturated carbocycles. The molecule has 0 N–H and O–H groups in total. The van der Waals surface area contributed by atoms with Crippen molar-refractivity contribution in [3.05, 3.63) is 0 Å². The van der Waals surface area contributed by atoms with Crippen LogP contribution in [-0.2, 0) is 0 Å². The van der Waals surface area contributed by atoms with Crippen LogP contribution in [-0.4, -0.2) is 15.9 Å². The average Bonchev–Trinajstić information content (AvgIpc) is 1.96. The van der Waals surface area contributed by atoms with Crippen molar-refractivity contribution in [2.45, 2.75) is 50.5 Å². The molecule has 0 rings (SSSR count). The SMILES string of the molecule is CC[C@@H](CCCl)SSC(C)(C)C. The van der Waals surface area contributed by atoms with Crippen LogP contribution < -0.4 is 0 Å². The number of hydrogen-bond donors (Lipinski definition) is 0. The molecule has 3 heteroatoms. The standard InChI is InChI=1S/C9H19ClS2/c1-5-8(6-7-10)11-12-9(2,3)4/h8H,5-7H2,1-4H3/t8-/m0/s1. The van der Waals surface area contributed by atoms with Gasteiger partial charge in [0.15, 0.2) is 0 Å². The summed E-state index contributed by atoms with van der Waals surface area (Å²) < 4.78 is 0.365. The summed E-state index contributed by atoms with van der Waals surface area (Å²) in [6.45, 7) is 8.97. The summed E-state index contributed by atoms with van der Waals surface area (Å²) in [5, 5.41) is 0.728. The zero-order valence-corrected chi connectivity index (χ0v) is 10.8. The van der Waals surface area contributed by atoms with E-state index in [9.17, 15) is 0 Å². The number of rotatable bonds is 5. The van der Waals surface area contributed by atoms with E-state index in [1.165, 1.54) is 6.42 Å². The summed E-state index contributed by atoms with van der Waals surface area (Å²) in [6.07, 6.45) is 2.35. The fourth-order valence-electron chi connectivity index (χ4n) is 0.654. The van der Waals surface area contributed by atoms with Crippen LogP contribution in [0.1, 0.15) is 40.5 Å². The van der Waals surface area contributed by atoms with Gasteiger partial charge in [0.05, 0.1) is 0 Å². The van der Waals surface area contributed by atoms with Crippen molar-refractivity contribution < 1.29 is 0 Å². The van der Waals surface area contributed by atoms with Crippen LogP contribution in [0.15, 0.2) is 0 Å². The maximum absolute atomic E-state index is 5.70. The quantitative estimate of drug-likeness (QED) is 0.498. The van der Waals surface area contributed by atoms with Crippen LogP contribution in [0, 0.1) is 0 Å². The maximum atomic E-state index is 5.70. The third-order valence-electron chi connectivity index (χ3n) is 1.32. The number of hydrogen-bond acceptors (Lipinski definition) is 2. The van der Waals surface area contributed by atoms with Gasteiger partial charge in [-0.15, -0.1) is 11.6 Å². The zero-order chi connectivity index (χ0) is 9.61. The van der Waals surface area contributed by atoms with Crippen molar-refractivity contribution in [3.63, 3.8) is 0 Å². The van der Waals surface area contributed by atoms with E-state index in [2.05, 4.69) is 27.7 Å². The van der Waals surface area contributed by atoms with Gasteiger partial charge in [0.1, 0.15) is 0 Å². The highest BCUT2D eigenvalue weighted by Gasteiger charge is 2.14. The average molecular weight is 227 g/mol. The van der Waals surface area contributed by atoms with Crippen molar-refractivity contribution in [2.75, 3.05) is 5.88 Å². The zero-order valence-electron chi connectivity index (χ0n) is 8.39. The van der Waals surface area contributed by atoms with E-state index < -0.39 is 0 Å². The molecule has 0 aromatic carbocycles. The predicted molar refractivity (Wildman–Crippen MR) is 64.4 cm³/mol. The fraction of sp³-hybridized carbons (Fsp3) is 1.00. The van der Waals surface area contributed by atoms with E-state index in [0.29, 0.717) is 4.75 Å². The Morgan fingerprint density at radius 3 is 2.25 bits per heavy atom. The summed E-state index contributed by atoms with van der Waals surface area (Å²) in [5.74, 6) is 0.788. The normalized spacial score (nSPS) is 14.8. The third kappa shape index (κ3) is 7.63. The fourth-order valence-corrected chi connectivity index (χ4v) is 3.79. The van der Waals surface area contributed by atoms with Crippen LogP contribution in [0.4, 0.5) is 0 Å². The first-order valence-electron chi connectivity index (χ1n) is 4.40. The van der Waals surface area contributed by atoms with E-state index in [1.807, 2.05) is 21.6 Å². The molecule has 0 radical (unpaired) electrons. The second-order valence-corrected chi connectivity index (χ2v) is 7.51. The van der Waals surface area contributed by atoms with Gasteiger partial charge in [-0.3, -0.25) is 0 Å². The summed E-state index contributed by atoms with van der Waals surface area (Å²) in [5.41, 5.74) is 0. The molecule has 0 nitrogen and oxygen atoms in total. The minimum Gasteiger partial charge on any atom is -0.127 e. The molecule has 0 unspecified atom stereocenters. The van der Waals surface area contributed by atoms with Crippen molar-refractivity contribution in [1.29, 1.82) is 0 Å². The van der Waals surface area contributed by atoms with Gasteiger partial charge in [-0.05, 0) is 12.8 Å². The molecule has 0 bridgehead atoms. The molecular formula is C9H19ClS2. The van der Waals surface area contributed by atoms with Crippen molar-refractivity contribution in [3.8, 4) is 0 Å². The topological polar surface area (TPSA) is 0 Å². The lowest BCUT2D eigenvalue weighted by molar-refractivity contribution is 0.796. The summed E-state index contributed by atoms with van der Waals surface area (Å²) >= 11 is 5.70. The second kappa shape index (κ2) is 6.44. The highest BCUT2D eigenvalue weighted by molar-refractivity contribution is 8.77. The molecule has 0 aliphatic carbocycles. The predicted octanol–water partition coefficient (Wildman–Crippen LogP) is 4.57. The Bertz CT molecular complexity index is 110. The lowest BCUT2D eigenvalue weighted by Gasteiger charge is -2.20. The monoisotopic (exact) mass is 226 g/mol. The highest BCUT2D eigenvalue weighted by atomic mass is 35.5. The minimum absolute atomic E-state index is 0.365. The van der Waals surface area contributed by atoms with Crippen LogP contribution in [0.25, 0.3) is 0 Å². The van der Waals surface area contributed by atoms with E-state index in [1.54, 1.807) is 0 Å². The molecule has 1 atom stereocenters. The molecule has 0 amide bonds. The maximum Gasteiger partial charge on any atom is 0.0234 e. The first kappa shape index (κ1) is 13.0. The van der Waals surface area contributed by atoms with Crippen molar-refractivity contribution in [1.82, 2.24) is 0 Å². The summed E-state index contributed by atoms with van der Waals surface area (Å²) in [6, 6.07) is 0. The molecule has 12 heavy (non-hydrogen) atoms. The Balaban J connectivity index is 3.58.